The Kier molecular flexibility index (Phi) is 3.49. The Balaban J connectivity index is 1.94. The van der Waals surface area contributed by atoms with Crippen LogP contribution in [-0.2, 0) is 4.74 Å². The number of carbonyl (C=O) groups is 1. The van der Waals surface area contributed by atoms with Crippen LogP contribution in [0.5, 0.6) is 5.75 Å². The molecule has 3 N–H and O–H groups in total. The molecular weight excluding hydrogens is 222 g/mol. The predicted octanol–water partition coefficient (Wildman–Crippen LogP) is 1.73. The SMILES string of the molecule is Nc1cccc(C(=O)O)c1OCOCC1CC1. The summed E-state index contributed by atoms with van der Waals surface area (Å²) in [5.41, 5.74) is 6.03. The second-order valence-corrected chi connectivity index (χ2v) is 4.11. The van der Waals surface area contributed by atoms with Crippen LogP contribution in [0.15, 0.2) is 18.2 Å². The third-order valence-electron chi connectivity index (χ3n) is 2.61. The molecule has 0 radical (unpaired) electrons. The predicted molar refractivity (Wildman–Crippen MR) is 62.0 cm³/mol. The van der Waals surface area contributed by atoms with Crippen LogP contribution < -0.4 is 10.5 Å². The molecule has 0 spiro atoms. The van der Waals surface area contributed by atoms with Crippen molar-refractivity contribution in [2.24, 2.45) is 5.92 Å². The van der Waals surface area contributed by atoms with Gasteiger partial charge in [-0.1, -0.05) is 6.07 Å². The molecule has 1 aromatic carbocycles. The van der Waals surface area contributed by atoms with E-state index in [9.17, 15) is 4.79 Å². The van der Waals surface area contributed by atoms with Crippen LogP contribution in [0.4, 0.5) is 5.69 Å². The molecule has 2 rings (SSSR count). The number of hydrogen-bond acceptors (Lipinski definition) is 4. The number of aromatic carboxylic acids is 1. The number of rotatable bonds is 6. The van der Waals surface area contributed by atoms with E-state index in [-0.39, 0.29) is 18.1 Å². The Bertz CT molecular complexity index is 415. The van der Waals surface area contributed by atoms with E-state index in [1.165, 1.54) is 18.9 Å². The van der Waals surface area contributed by atoms with Gasteiger partial charge in [0.1, 0.15) is 5.56 Å². The second-order valence-electron chi connectivity index (χ2n) is 4.11. The summed E-state index contributed by atoms with van der Waals surface area (Å²) >= 11 is 0. The Labute approximate surface area is 99.1 Å². The van der Waals surface area contributed by atoms with Crippen LogP contribution >= 0.6 is 0 Å². The standard InChI is InChI=1S/C12H15NO4/c13-10-3-1-2-9(12(14)15)11(10)17-7-16-6-8-4-5-8/h1-3,8H,4-7,13H2,(H,14,15). The first kappa shape index (κ1) is 11.7. The monoisotopic (exact) mass is 237 g/mol. The fourth-order valence-corrected chi connectivity index (χ4v) is 1.48. The van der Waals surface area contributed by atoms with Crippen molar-refractivity contribution in [1.82, 2.24) is 0 Å². The van der Waals surface area contributed by atoms with Gasteiger partial charge in [0.2, 0.25) is 0 Å². The van der Waals surface area contributed by atoms with E-state index >= 15 is 0 Å². The van der Waals surface area contributed by atoms with E-state index in [1.807, 2.05) is 0 Å². The van der Waals surface area contributed by atoms with Gasteiger partial charge in [0, 0.05) is 0 Å². The zero-order valence-electron chi connectivity index (χ0n) is 9.39. The van der Waals surface area contributed by atoms with Gasteiger partial charge in [0.15, 0.2) is 12.5 Å². The average Bonchev–Trinajstić information content (AvgIpc) is 3.09. The van der Waals surface area contributed by atoms with Gasteiger partial charge in [-0.05, 0) is 30.9 Å². The normalized spacial score (nSPS) is 14.6. The van der Waals surface area contributed by atoms with E-state index in [1.54, 1.807) is 12.1 Å². The zero-order valence-corrected chi connectivity index (χ0v) is 9.39. The van der Waals surface area contributed by atoms with Crippen LogP contribution in [0.25, 0.3) is 0 Å². The van der Waals surface area contributed by atoms with Gasteiger partial charge in [-0.2, -0.15) is 0 Å². The molecule has 0 aliphatic heterocycles. The van der Waals surface area contributed by atoms with Crippen LogP contribution in [0, 0.1) is 5.92 Å². The quantitative estimate of drug-likeness (QED) is 0.447. The number of nitrogen functional groups attached to an aromatic ring is 1. The molecular formula is C12H15NO4. The average molecular weight is 237 g/mol. The lowest BCUT2D eigenvalue weighted by Gasteiger charge is -2.11. The van der Waals surface area contributed by atoms with E-state index in [4.69, 9.17) is 20.3 Å². The number of anilines is 1. The van der Waals surface area contributed by atoms with Crippen LogP contribution in [-0.4, -0.2) is 24.5 Å². The van der Waals surface area contributed by atoms with Crippen molar-refractivity contribution >= 4 is 11.7 Å². The highest BCUT2D eigenvalue weighted by molar-refractivity contribution is 5.93. The lowest BCUT2D eigenvalue weighted by molar-refractivity contribution is 0.00962. The molecule has 0 amide bonds. The van der Waals surface area contributed by atoms with Gasteiger partial charge in [-0.15, -0.1) is 0 Å². The first-order valence-corrected chi connectivity index (χ1v) is 5.51. The lowest BCUT2D eigenvalue weighted by atomic mass is 10.2. The first-order valence-electron chi connectivity index (χ1n) is 5.51. The molecule has 5 nitrogen and oxygen atoms in total. The molecule has 0 heterocycles. The minimum atomic E-state index is -1.06. The molecule has 0 aromatic heterocycles. The Hall–Kier alpha value is -1.75. The van der Waals surface area contributed by atoms with E-state index in [2.05, 4.69) is 0 Å². The van der Waals surface area contributed by atoms with Gasteiger partial charge in [-0.3, -0.25) is 0 Å². The molecule has 1 aliphatic carbocycles. The summed E-state index contributed by atoms with van der Waals surface area (Å²) in [5.74, 6) is -0.240. The Morgan fingerprint density at radius 3 is 2.88 bits per heavy atom. The highest BCUT2D eigenvalue weighted by Crippen LogP contribution is 2.29. The maximum atomic E-state index is 10.9. The van der Waals surface area contributed by atoms with Crippen molar-refractivity contribution in [3.05, 3.63) is 23.8 Å². The molecule has 92 valence electrons. The largest absolute Gasteiger partial charge is 0.478 e. The summed E-state index contributed by atoms with van der Waals surface area (Å²) in [5, 5.41) is 8.97. The van der Waals surface area contributed by atoms with Crippen molar-refractivity contribution in [3.8, 4) is 5.75 Å². The zero-order chi connectivity index (χ0) is 12.3. The van der Waals surface area contributed by atoms with Gasteiger partial charge >= 0.3 is 5.97 Å². The molecule has 17 heavy (non-hydrogen) atoms. The van der Waals surface area contributed by atoms with Gasteiger partial charge in [0.25, 0.3) is 0 Å². The van der Waals surface area contributed by atoms with Crippen LogP contribution in [0.3, 0.4) is 0 Å². The highest BCUT2D eigenvalue weighted by Gasteiger charge is 2.21. The topological polar surface area (TPSA) is 81.8 Å². The summed E-state index contributed by atoms with van der Waals surface area (Å²) in [7, 11) is 0. The number of benzene rings is 1. The summed E-state index contributed by atoms with van der Waals surface area (Å²) in [6, 6.07) is 4.63. The minimum absolute atomic E-state index is 0.0327. The molecule has 1 fully saturated rings. The molecule has 0 bridgehead atoms. The van der Waals surface area contributed by atoms with Gasteiger partial charge in [0.05, 0.1) is 12.3 Å². The van der Waals surface area contributed by atoms with E-state index < -0.39 is 5.97 Å². The van der Waals surface area contributed by atoms with Crippen LogP contribution in [0.1, 0.15) is 23.2 Å². The van der Waals surface area contributed by atoms with Crippen molar-refractivity contribution in [2.45, 2.75) is 12.8 Å². The number of hydrogen-bond donors (Lipinski definition) is 2. The summed E-state index contributed by atoms with van der Waals surface area (Å²) < 4.78 is 10.6. The highest BCUT2D eigenvalue weighted by atomic mass is 16.7. The fourth-order valence-electron chi connectivity index (χ4n) is 1.48. The molecule has 1 aromatic rings. The molecule has 0 atom stereocenters. The van der Waals surface area contributed by atoms with Crippen molar-refractivity contribution in [2.75, 3.05) is 19.1 Å². The van der Waals surface area contributed by atoms with E-state index in [0.717, 1.165) is 0 Å². The number of nitrogens with two attached hydrogens (primary N) is 1. The maximum absolute atomic E-state index is 10.9. The first-order chi connectivity index (χ1) is 8.18. The third kappa shape index (κ3) is 3.10. The molecule has 0 saturated heterocycles. The van der Waals surface area contributed by atoms with E-state index in [0.29, 0.717) is 18.2 Å². The van der Waals surface area contributed by atoms with Crippen molar-refractivity contribution in [3.63, 3.8) is 0 Å². The Morgan fingerprint density at radius 2 is 2.24 bits per heavy atom. The van der Waals surface area contributed by atoms with Crippen molar-refractivity contribution < 1.29 is 19.4 Å². The molecule has 5 heteroatoms. The second kappa shape index (κ2) is 5.05. The summed E-state index contributed by atoms with van der Waals surface area (Å²) in [6.45, 7) is 0.695. The minimum Gasteiger partial charge on any atom is -0.478 e. The smallest absolute Gasteiger partial charge is 0.339 e. The van der Waals surface area contributed by atoms with Gasteiger partial charge < -0.3 is 20.3 Å². The van der Waals surface area contributed by atoms with Crippen LogP contribution in [0.2, 0.25) is 0 Å². The molecule has 1 aliphatic rings. The van der Waals surface area contributed by atoms with Crippen molar-refractivity contribution in [1.29, 1.82) is 0 Å². The lowest BCUT2D eigenvalue weighted by Crippen LogP contribution is -2.10. The number of ether oxygens (including phenoxy) is 2. The number of carboxylic acid groups (broad SMARTS) is 1. The molecule has 0 unspecified atom stereocenters. The summed E-state index contributed by atoms with van der Waals surface area (Å²) in [6.07, 6.45) is 2.40. The molecule has 1 saturated carbocycles. The maximum Gasteiger partial charge on any atom is 0.339 e. The third-order valence-corrected chi connectivity index (χ3v) is 2.61. The summed E-state index contributed by atoms with van der Waals surface area (Å²) in [4.78, 5) is 10.9. The fraction of sp³-hybridized carbons (Fsp3) is 0.417. The number of carboxylic acids is 1. The number of para-hydroxylation sites is 1. The Morgan fingerprint density at radius 1 is 1.47 bits per heavy atom. The van der Waals surface area contributed by atoms with Gasteiger partial charge in [-0.25, -0.2) is 4.79 Å².